The molecule has 0 spiro atoms. The van der Waals surface area contributed by atoms with Crippen LogP contribution in [0.1, 0.15) is 16.5 Å². The van der Waals surface area contributed by atoms with Crippen LogP contribution in [0.3, 0.4) is 0 Å². The molecule has 30 heavy (non-hydrogen) atoms. The van der Waals surface area contributed by atoms with Crippen molar-refractivity contribution in [3.8, 4) is 0 Å². The standard InChI is InChI=1S/C23H20FN3O2S/c24-18-8-12-20(13-9-18)27-21(28)15-30-22(27)17-6-10-19(11-7-17)26-23(29)25-14-16-4-2-1-3-5-16/h1-13,22H,14-15H2,(H2,25,26,29). The molecule has 5 nitrogen and oxygen atoms in total. The molecule has 4 rings (SSSR count). The quantitative estimate of drug-likeness (QED) is 0.614. The fraction of sp³-hybridized carbons (Fsp3) is 0.130. The average Bonchev–Trinajstić information content (AvgIpc) is 3.15. The van der Waals surface area contributed by atoms with E-state index in [-0.39, 0.29) is 23.1 Å². The maximum Gasteiger partial charge on any atom is 0.319 e. The molecule has 3 aromatic carbocycles. The third kappa shape index (κ3) is 4.63. The van der Waals surface area contributed by atoms with E-state index in [9.17, 15) is 14.0 Å². The number of anilines is 2. The lowest BCUT2D eigenvalue weighted by Gasteiger charge is -2.24. The number of nitrogens with zero attached hydrogens (tertiary/aromatic N) is 1. The van der Waals surface area contributed by atoms with Gasteiger partial charge >= 0.3 is 6.03 Å². The molecule has 1 aliphatic heterocycles. The first-order valence-corrected chi connectivity index (χ1v) is 10.5. The Morgan fingerprint density at radius 2 is 1.70 bits per heavy atom. The zero-order valence-electron chi connectivity index (χ0n) is 16.0. The fourth-order valence-electron chi connectivity index (χ4n) is 3.24. The lowest BCUT2D eigenvalue weighted by molar-refractivity contribution is -0.115. The Balaban J connectivity index is 1.40. The molecule has 0 saturated carbocycles. The predicted octanol–water partition coefficient (Wildman–Crippen LogP) is 4.93. The Bertz CT molecular complexity index is 1030. The van der Waals surface area contributed by atoms with Crippen LogP contribution < -0.4 is 15.5 Å². The summed E-state index contributed by atoms with van der Waals surface area (Å²) >= 11 is 1.52. The molecule has 0 radical (unpaired) electrons. The maximum absolute atomic E-state index is 13.2. The Kier molecular flexibility index (Phi) is 5.99. The van der Waals surface area contributed by atoms with Crippen LogP contribution in [0.5, 0.6) is 0 Å². The second kappa shape index (κ2) is 9.00. The minimum atomic E-state index is -0.337. The van der Waals surface area contributed by atoms with Gasteiger partial charge in [0.15, 0.2) is 0 Å². The molecule has 1 heterocycles. The van der Waals surface area contributed by atoms with Crippen molar-refractivity contribution in [2.45, 2.75) is 11.9 Å². The first-order chi connectivity index (χ1) is 14.6. The smallest absolute Gasteiger partial charge is 0.319 e. The van der Waals surface area contributed by atoms with Gasteiger partial charge in [-0.15, -0.1) is 11.8 Å². The monoisotopic (exact) mass is 421 g/mol. The van der Waals surface area contributed by atoms with E-state index in [4.69, 9.17) is 0 Å². The van der Waals surface area contributed by atoms with E-state index in [1.54, 1.807) is 17.0 Å². The molecule has 1 atom stereocenters. The van der Waals surface area contributed by atoms with Gasteiger partial charge in [0.25, 0.3) is 0 Å². The van der Waals surface area contributed by atoms with Crippen LogP contribution in [-0.4, -0.2) is 17.7 Å². The van der Waals surface area contributed by atoms with E-state index < -0.39 is 0 Å². The molecule has 3 amide bonds. The van der Waals surface area contributed by atoms with Crippen LogP contribution in [0.4, 0.5) is 20.6 Å². The molecule has 1 aliphatic rings. The Hall–Kier alpha value is -3.32. The van der Waals surface area contributed by atoms with Gasteiger partial charge in [0.05, 0.1) is 5.75 Å². The van der Waals surface area contributed by atoms with Crippen LogP contribution in [-0.2, 0) is 11.3 Å². The molecule has 0 aromatic heterocycles. The number of amides is 3. The Morgan fingerprint density at radius 1 is 1.00 bits per heavy atom. The number of carbonyl (C=O) groups is 2. The van der Waals surface area contributed by atoms with Crippen molar-refractivity contribution >= 4 is 35.1 Å². The van der Waals surface area contributed by atoms with E-state index in [1.807, 2.05) is 54.6 Å². The lowest BCUT2D eigenvalue weighted by atomic mass is 10.1. The van der Waals surface area contributed by atoms with Gasteiger partial charge in [0.1, 0.15) is 11.2 Å². The minimum absolute atomic E-state index is 0.0147. The van der Waals surface area contributed by atoms with Crippen molar-refractivity contribution in [1.82, 2.24) is 5.32 Å². The summed E-state index contributed by atoms with van der Waals surface area (Å²) in [6, 6.07) is 22.7. The van der Waals surface area contributed by atoms with Crippen LogP contribution in [0, 0.1) is 5.82 Å². The number of thioether (sulfide) groups is 1. The molecule has 0 aliphatic carbocycles. The van der Waals surface area contributed by atoms with Crippen molar-refractivity contribution in [2.24, 2.45) is 0 Å². The van der Waals surface area contributed by atoms with E-state index in [0.29, 0.717) is 23.7 Å². The van der Waals surface area contributed by atoms with E-state index in [1.165, 1.54) is 23.9 Å². The van der Waals surface area contributed by atoms with E-state index in [2.05, 4.69) is 10.6 Å². The van der Waals surface area contributed by atoms with Crippen molar-refractivity contribution in [3.63, 3.8) is 0 Å². The fourth-order valence-corrected chi connectivity index (χ4v) is 4.41. The zero-order valence-corrected chi connectivity index (χ0v) is 16.9. The number of urea groups is 1. The predicted molar refractivity (Wildman–Crippen MR) is 118 cm³/mol. The summed E-state index contributed by atoms with van der Waals surface area (Å²) in [5.41, 5.74) is 3.28. The molecule has 1 unspecified atom stereocenters. The molecule has 1 saturated heterocycles. The number of rotatable bonds is 5. The number of nitrogens with one attached hydrogen (secondary N) is 2. The summed E-state index contributed by atoms with van der Waals surface area (Å²) in [6.45, 7) is 0.443. The molecule has 3 aromatic rings. The normalized spacial score (nSPS) is 15.8. The van der Waals surface area contributed by atoms with Gasteiger partial charge in [-0.1, -0.05) is 42.5 Å². The molecular weight excluding hydrogens is 401 g/mol. The van der Waals surface area contributed by atoms with Crippen LogP contribution in [0.25, 0.3) is 0 Å². The molecule has 0 bridgehead atoms. The van der Waals surface area contributed by atoms with Crippen molar-refractivity contribution in [3.05, 3.63) is 95.8 Å². The van der Waals surface area contributed by atoms with Crippen LogP contribution in [0.15, 0.2) is 78.9 Å². The molecule has 7 heteroatoms. The highest BCUT2D eigenvalue weighted by Crippen LogP contribution is 2.41. The lowest BCUT2D eigenvalue weighted by Crippen LogP contribution is -2.28. The summed E-state index contributed by atoms with van der Waals surface area (Å²) in [7, 11) is 0. The number of halogens is 1. The number of benzene rings is 3. The minimum Gasteiger partial charge on any atom is -0.334 e. The number of hydrogen-bond acceptors (Lipinski definition) is 3. The highest BCUT2D eigenvalue weighted by atomic mass is 32.2. The molecular formula is C23H20FN3O2S. The number of hydrogen-bond donors (Lipinski definition) is 2. The van der Waals surface area contributed by atoms with E-state index >= 15 is 0 Å². The van der Waals surface area contributed by atoms with Crippen LogP contribution >= 0.6 is 11.8 Å². The Morgan fingerprint density at radius 3 is 2.40 bits per heavy atom. The van der Waals surface area contributed by atoms with Gasteiger partial charge in [0.2, 0.25) is 5.91 Å². The average molecular weight is 421 g/mol. The van der Waals surface area contributed by atoms with Crippen molar-refractivity contribution in [2.75, 3.05) is 16.0 Å². The topological polar surface area (TPSA) is 61.4 Å². The van der Waals surface area contributed by atoms with Gasteiger partial charge in [-0.25, -0.2) is 9.18 Å². The summed E-state index contributed by atoms with van der Waals surface area (Å²) in [5.74, 6) is 0.0129. The summed E-state index contributed by atoms with van der Waals surface area (Å²) in [6.07, 6.45) is 0. The summed E-state index contributed by atoms with van der Waals surface area (Å²) in [5, 5.41) is 5.44. The highest BCUT2D eigenvalue weighted by molar-refractivity contribution is 8.00. The summed E-state index contributed by atoms with van der Waals surface area (Å²) in [4.78, 5) is 26.2. The van der Waals surface area contributed by atoms with Crippen LogP contribution in [0.2, 0.25) is 0 Å². The second-order valence-electron chi connectivity index (χ2n) is 6.82. The largest absolute Gasteiger partial charge is 0.334 e. The van der Waals surface area contributed by atoms with Crippen molar-refractivity contribution in [1.29, 1.82) is 0 Å². The zero-order chi connectivity index (χ0) is 20.9. The van der Waals surface area contributed by atoms with Crippen molar-refractivity contribution < 1.29 is 14.0 Å². The van der Waals surface area contributed by atoms with Gasteiger partial charge in [-0.3, -0.25) is 9.69 Å². The molecule has 152 valence electrons. The maximum atomic E-state index is 13.2. The van der Waals surface area contributed by atoms with Gasteiger partial charge in [0, 0.05) is 17.9 Å². The third-order valence-corrected chi connectivity index (χ3v) is 5.93. The molecule has 1 fully saturated rings. The van der Waals surface area contributed by atoms with Gasteiger partial charge < -0.3 is 10.6 Å². The Labute approximate surface area is 178 Å². The SMILES string of the molecule is O=C(NCc1ccccc1)Nc1ccc(C2SCC(=O)N2c2ccc(F)cc2)cc1. The second-order valence-corrected chi connectivity index (χ2v) is 7.89. The van der Waals surface area contributed by atoms with E-state index in [0.717, 1.165) is 11.1 Å². The van der Waals surface area contributed by atoms with Gasteiger partial charge in [-0.05, 0) is 47.5 Å². The first kappa shape index (κ1) is 20.0. The highest BCUT2D eigenvalue weighted by Gasteiger charge is 2.33. The third-order valence-electron chi connectivity index (χ3n) is 4.72. The number of carbonyl (C=O) groups excluding carboxylic acids is 2. The summed E-state index contributed by atoms with van der Waals surface area (Å²) < 4.78 is 13.2. The first-order valence-electron chi connectivity index (χ1n) is 9.48. The van der Waals surface area contributed by atoms with Gasteiger partial charge in [-0.2, -0.15) is 0 Å². The molecule has 2 N–H and O–H groups in total.